The summed E-state index contributed by atoms with van der Waals surface area (Å²) in [4.78, 5) is 0. The molecule has 0 aliphatic carbocycles. The number of rotatable bonds is 3. The quantitative estimate of drug-likeness (QED) is 0.803. The highest BCUT2D eigenvalue weighted by Gasteiger charge is 2.04. The minimum Gasteiger partial charge on any atom is -0.392 e. The lowest BCUT2D eigenvalue weighted by atomic mass is 10.1. The molecule has 1 aromatic carbocycles. The van der Waals surface area contributed by atoms with E-state index >= 15 is 0 Å². The SMILES string of the molecule is N#CCC(O)Cc1cccc(Cl)c1. The third-order valence-electron chi connectivity index (χ3n) is 1.69. The van der Waals surface area contributed by atoms with E-state index in [9.17, 15) is 5.11 Å². The van der Waals surface area contributed by atoms with Gasteiger partial charge in [-0.3, -0.25) is 0 Å². The summed E-state index contributed by atoms with van der Waals surface area (Å²) in [6.07, 6.45) is 0.0455. The van der Waals surface area contributed by atoms with Crippen LogP contribution in [0.4, 0.5) is 0 Å². The summed E-state index contributed by atoms with van der Waals surface area (Å²) in [6.45, 7) is 0. The lowest BCUT2D eigenvalue weighted by molar-refractivity contribution is 0.180. The highest BCUT2D eigenvalue weighted by Crippen LogP contribution is 2.12. The molecule has 0 amide bonds. The van der Waals surface area contributed by atoms with Gasteiger partial charge in [0.15, 0.2) is 0 Å². The number of nitrogens with zero attached hydrogens (tertiary/aromatic N) is 1. The summed E-state index contributed by atoms with van der Waals surface area (Å²) < 4.78 is 0. The maximum Gasteiger partial charge on any atom is 0.0710 e. The van der Waals surface area contributed by atoms with Crippen LogP contribution in [0.2, 0.25) is 5.02 Å². The van der Waals surface area contributed by atoms with Gasteiger partial charge in [-0.1, -0.05) is 23.7 Å². The molecule has 2 nitrogen and oxygen atoms in total. The zero-order valence-corrected chi connectivity index (χ0v) is 7.83. The number of aliphatic hydroxyl groups is 1. The van der Waals surface area contributed by atoms with Crippen LogP contribution in [0, 0.1) is 11.3 Å². The summed E-state index contributed by atoms with van der Waals surface area (Å²) in [5, 5.41) is 18.3. The molecule has 1 N–H and O–H groups in total. The molecule has 0 aromatic heterocycles. The molecule has 0 spiro atoms. The van der Waals surface area contributed by atoms with Gasteiger partial charge in [0.1, 0.15) is 0 Å². The molecule has 1 unspecified atom stereocenters. The van der Waals surface area contributed by atoms with Crippen molar-refractivity contribution in [2.75, 3.05) is 0 Å². The van der Waals surface area contributed by atoms with E-state index in [1.54, 1.807) is 12.1 Å². The third kappa shape index (κ3) is 3.45. The van der Waals surface area contributed by atoms with E-state index in [0.29, 0.717) is 11.4 Å². The van der Waals surface area contributed by atoms with Gasteiger partial charge < -0.3 is 5.11 Å². The molecule has 0 saturated carbocycles. The van der Waals surface area contributed by atoms with Crippen LogP contribution in [-0.2, 0) is 6.42 Å². The van der Waals surface area contributed by atoms with Crippen molar-refractivity contribution in [1.82, 2.24) is 0 Å². The monoisotopic (exact) mass is 195 g/mol. The molecule has 1 aromatic rings. The Bertz CT molecular complexity index is 319. The Labute approximate surface area is 82.4 Å². The Morgan fingerprint density at radius 1 is 1.54 bits per heavy atom. The number of benzene rings is 1. The minimum absolute atomic E-state index is 0.159. The summed E-state index contributed by atoms with van der Waals surface area (Å²) in [6, 6.07) is 9.20. The molecule has 3 heteroatoms. The van der Waals surface area contributed by atoms with Crippen molar-refractivity contribution >= 4 is 11.6 Å². The second-order valence-electron chi connectivity index (χ2n) is 2.85. The third-order valence-corrected chi connectivity index (χ3v) is 1.92. The van der Waals surface area contributed by atoms with Gasteiger partial charge in [0.25, 0.3) is 0 Å². The Kier molecular flexibility index (Phi) is 3.75. The molecule has 0 aliphatic rings. The van der Waals surface area contributed by atoms with Crippen LogP contribution in [-0.4, -0.2) is 11.2 Å². The number of hydrogen-bond acceptors (Lipinski definition) is 2. The van der Waals surface area contributed by atoms with Gasteiger partial charge in [-0.05, 0) is 24.1 Å². The molecule has 0 saturated heterocycles. The van der Waals surface area contributed by atoms with Crippen LogP contribution >= 0.6 is 11.6 Å². The Hall–Kier alpha value is -1.04. The highest BCUT2D eigenvalue weighted by molar-refractivity contribution is 6.30. The normalized spacial score (nSPS) is 12.1. The van der Waals surface area contributed by atoms with Crippen molar-refractivity contribution in [3.8, 4) is 6.07 Å². The van der Waals surface area contributed by atoms with Gasteiger partial charge >= 0.3 is 0 Å². The van der Waals surface area contributed by atoms with Crippen LogP contribution in [0.1, 0.15) is 12.0 Å². The zero-order chi connectivity index (χ0) is 9.68. The molecular formula is C10H10ClNO. The lowest BCUT2D eigenvalue weighted by Crippen LogP contribution is -2.08. The molecular weight excluding hydrogens is 186 g/mol. The molecule has 1 atom stereocenters. The molecule has 0 heterocycles. The van der Waals surface area contributed by atoms with E-state index in [-0.39, 0.29) is 6.42 Å². The molecule has 0 aliphatic heterocycles. The molecule has 0 fully saturated rings. The van der Waals surface area contributed by atoms with Crippen LogP contribution in [0.5, 0.6) is 0 Å². The maximum atomic E-state index is 9.33. The molecule has 68 valence electrons. The van der Waals surface area contributed by atoms with E-state index in [2.05, 4.69) is 0 Å². The van der Waals surface area contributed by atoms with Crippen molar-refractivity contribution in [1.29, 1.82) is 5.26 Å². The van der Waals surface area contributed by atoms with Crippen molar-refractivity contribution in [3.05, 3.63) is 34.9 Å². The van der Waals surface area contributed by atoms with Crippen LogP contribution in [0.25, 0.3) is 0 Å². The van der Waals surface area contributed by atoms with Gasteiger partial charge in [0.2, 0.25) is 0 Å². The predicted octanol–water partition coefficient (Wildman–Crippen LogP) is 2.16. The summed E-state index contributed by atoms with van der Waals surface area (Å²) in [5.74, 6) is 0. The Morgan fingerprint density at radius 3 is 2.92 bits per heavy atom. The minimum atomic E-state index is -0.594. The summed E-state index contributed by atoms with van der Waals surface area (Å²) in [5.41, 5.74) is 0.954. The fraction of sp³-hybridized carbons (Fsp3) is 0.300. The first kappa shape index (κ1) is 10.0. The van der Waals surface area contributed by atoms with Crippen LogP contribution in [0.15, 0.2) is 24.3 Å². The topological polar surface area (TPSA) is 44.0 Å². The standard InChI is InChI=1S/C10H10ClNO/c11-9-3-1-2-8(6-9)7-10(13)4-5-12/h1-3,6,10,13H,4,7H2. The summed E-state index contributed by atoms with van der Waals surface area (Å²) in [7, 11) is 0. The average molecular weight is 196 g/mol. The van der Waals surface area contributed by atoms with Gasteiger partial charge in [0.05, 0.1) is 18.6 Å². The van der Waals surface area contributed by atoms with Crippen molar-refractivity contribution < 1.29 is 5.11 Å². The first-order chi connectivity index (χ1) is 6.22. The first-order valence-electron chi connectivity index (χ1n) is 4.02. The van der Waals surface area contributed by atoms with Gasteiger partial charge in [0, 0.05) is 5.02 Å². The van der Waals surface area contributed by atoms with Crippen LogP contribution in [0.3, 0.4) is 0 Å². The zero-order valence-electron chi connectivity index (χ0n) is 7.07. The Morgan fingerprint density at radius 2 is 2.31 bits per heavy atom. The molecule has 13 heavy (non-hydrogen) atoms. The largest absolute Gasteiger partial charge is 0.392 e. The van der Waals surface area contributed by atoms with E-state index in [0.717, 1.165) is 5.56 Å². The number of halogens is 1. The van der Waals surface area contributed by atoms with Gasteiger partial charge in [-0.2, -0.15) is 5.26 Å². The first-order valence-corrected chi connectivity index (χ1v) is 4.39. The van der Waals surface area contributed by atoms with Crippen molar-refractivity contribution in [2.24, 2.45) is 0 Å². The number of hydrogen-bond donors (Lipinski definition) is 1. The molecule has 0 radical (unpaired) electrons. The number of nitriles is 1. The lowest BCUT2D eigenvalue weighted by Gasteiger charge is -2.05. The smallest absolute Gasteiger partial charge is 0.0710 e. The van der Waals surface area contributed by atoms with E-state index in [1.165, 1.54) is 0 Å². The Balaban J connectivity index is 2.59. The van der Waals surface area contributed by atoms with E-state index < -0.39 is 6.10 Å². The summed E-state index contributed by atoms with van der Waals surface area (Å²) >= 11 is 5.76. The van der Waals surface area contributed by atoms with Crippen molar-refractivity contribution in [3.63, 3.8) is 0 Å². The van der Waals surface area contributed by atoms with Gasteiger partial charge in [-0.25, -0.2) is 0 Å². The second kappa shape index (κ2) is 4.86. The number of aliphatic hydroxyl groups excluding tert-OH is 1. The van der Waals surface area contributed by atoms with Crippen LogP contribution < -0.4 is 0 Å². The van der Waals surface area contributed by atoms with E-state index in [4.69, 9.17) is 16.9 Å². The fourth-order valence-corrected chi connectivity index (χ4v) is 1.33. The molecule has 0 bridgehead atoms. The van der Waals surface area contributed by atoms with Gasteiger partial charge in [-0.15, -0.1) is 0 Å². The second-order valence-corrected chi connectivity index (χ2v) is 3.29. The predicted molar refractivity (Wildman–Crippen MR) is 51.4 cm³/mol. The van der Waals surface area contributed by atoms with E-state index in [1.807, 2.05) is 18.2 Å². The molecule has 1 rings (SSSR count). The fourth-order valence-electron chi connectivity index (χ4n) is 1.11. The average Bonchev–Trinajstić information content (AvgIpc) is 2.04. The highest BCUT2D eigenvalue weighted by atomic mass is 35.5. The van der Waals surface area contributed by atoms with Crippen molar-refractivity contribution in [2.45, 2.75) is 18.9 Å². The maximum absolute atomic E-state index is 9.33.